The number of H-pyrrole nitrogens is 1. The molecular weight excluding hydrogens is 304 g/mol. The number of aliphatic hydroxyl groups is 3. The average Bonchev–Trinajstić information content (AvgIpc) is 3.00. The predicted molar refractivity (Wildman–Crippen MR) is 78.3 cm³/mol. The van der Waals surface area contributed by atoms with Crippen molar-refractivity contribution in [2.75, 3.05) is 6.56 Å². The number of nitrogens with zero attached hydrogens (tertiary/aromatic N) is 3. The molecule has 4 atom stereocenters. The largest absolute Gasteiger partial charge is 0.394 e. The Morgan fingerprint density at radius 1 is 1.65 bits per heavy atom. The molecule has 0 spiro atoms. The van der Waals surface area contributed by atoms with E-state index in [2.05, 4.69) is 26.8 Å². The van der Waals surface area contributed by atoms with Crippen molar-refractivity contribution in [3.63, 3.8) is 0 Å². The maximum absolute atomic E-state index is 12.0. The van der Waals surface area contributed by atoms with Gasteiger partial charge in [0, 0.05) is 0 Å². The first-order valence-electron chi connectivity index (χ1n) is 7.75. The lowest BCUT2D eigenvalue weighted by Crippen LogP contribution is -2.45. The maximum Gasteiger partial charge on any atom is 0.279 e. The molecule has 2 aromatic heterocycles. The van der Waals surface area contributed by atoms with E-state index in [1.54, 1.807) is 6.92 Å². The van der Waals surface area contributed by atoms with Crippen LogP contribution in [-0.2, 0) is 4.74 Å². The van der Waals surface area contributed by atoms with Crippen molar-refractivity contribution >= 4 is 11.2 Å². The molecule has 4 N–H and O–H groups in total. The van der Waals surface area contributed by atoms with Crippen molar-refractivity contribution in [1.29, 1.82) is 0 Å². The van der Waals surface area contributed by atoms with Crippen LogP contribution < -0.4 is 5.56 Å². The van der Waals surface area contributed by atoms with Gasteiger partial charge in [0.15, 0.2) is 23.0 Å². The molecule has 1 saturated heterocycles. The maximum atomic E-state index is 12.0. The minimum Gasteiger partial charge on any atom is -0.394 e. The summed E-state index contributed by atoms with van der Waals surface area (Å²) in [4.78, 5) is 22.5. The highest BCUT2D eigenvalue weighted by Crippen LogP contribution is 2.39. The topological polar surface area (TPSA) is 133 Å². The molecule has 0 amide bonds. The molecule has 1 fully saturated rings. The monoisotopic (exact) mass is 322 g/mol. The van der Waals surface area contributed by atoms with Gasteiger partial charge < -0.3 is 25.0 Å². The van der Waals surface area contributed by atoms with Crippen LogP contribution in [0.2, 0.25) is 0 Å². The van der Waals surface area contributed by atoms with Gasteiger partial charge >= 0.3 is 0 Å². The van der Waals surface area contributed by atoms with Crippen LogP contribution >= 0.6 is 0 Å². The summed E-state index contributed by atoms with van der Waals surface area (Å²) < 4.78 is 21.4. The highest BCUT2D eigenvalue weighted by Gasteiger charge is 2.55. The third kappa shape index (κ3) is 2.24. The van der Waals surface area contributed by atoms with Gasteiger partial charge in [-0.2, -0.15) is 0 Å². The Morgan fingerprint density at radius 3 is 3.04 bits per heavy atom. The quantitative estimate of drug-likeness (QED) is 0.491. The molecule has 0 aromatic carbocycles. The molecule has 0 saturated carbocycles. The smallest absolute Gasteiger partial charge is 0.279 e. The molecule has 9 heteroatoms. The summed E-state index contributed by atoms with van der Waals surface area (Å²) in [5, 5.41) is 30.8. The molecule has 1 aliphatic heterocycles. The minimum atomic E-state index is -2.94. The summed E-state index contributed by atoms with van der Waals surface area (Å²) >= 11 is 0. The molecule has 1 aliphatic rings. The van der Waals surface area contributed by atoms with E-state index >= 15 is 0 Å². The fourth-order valence-electron chi connectivity index (χ4n) is 2.62. The lowest BCUT2D eigenvalue weighted by molar-refractivity contribution is -0.0722. The van der Waals surface area contributed by atoms with Crippen LogP contribution in [0, 0.1) is 18.8 Å². The van der Waals surface area contributed by atoms with E-state index in [1.807, 2.05) is 0 Å². The molecule has 2 aromatic rings. The van der Waals surface area contributed by atoms with E-state index in [0.29, 0.717) is 0 Å². The lowest BCUT2D eigenvalue weighted by Gasteiger charge is -2.26. The predicted octanol–water partition coefficient (Wildman–Crippen LogP) is -1.57. The Hall–Kier alpha value is -2.25. The summed E-state index contributed by atoms with van der Waals surface area (Å²) in [5.74, 6) is 5.13. The van der Waals surface area contributed by atoms with E-state index in [4.69, 9.17) is 7.48 Å². The summed E-state index contributed by atoms with van der Waals surface area (Å²) in [6, 6.07) is 0. The van der Waals surface area contributed by atoms with Crippen molar-refractivity contribution in [2.45, 2.75) is 37.9 Å². The standard InChI is InChI=1S/C14H16N4O5/c1-3-4-14(22)10(20)8(5-19)23-13(14)18-6-15-9-11(18)16-7(2)17-12(9)21/h6,8,10,13,19-20,22H,5H2,1-2H3,(H,16,17,21)/t8-,10+,13-,14?/m1/s1/i5D2. The molecule has 1 unspecified atom stereocenters. The molecule has 0 bridgehead atoms. The number of aromatic nitrogens is 4. The van der Waals surface area contributed by atoms with Crippen molar-refractivity contribution in [2.24, 2.45) is 0 Å². The van der Waals surface area contributed by atoms with Crippen LogP contribution in [-0.4, -0.2) is 59.2 Å². The van der Waals surface area contributed by atoms with Gasteiger partial charge in [-0.05, 0) is 13.8 Å². The molecule has 0 aliphatic carbocycles. The number of hydrogen-bond donors (Lipinski definition) is 4. The summed E-state index contributed by atoms with van der Waals surface area (Å²) in [7, 11) is 0. The highest BCUT2D eigenvalue weighted by molar-refractivity contribution is 5.69. The van der Waals surface area contributed by atoms with Gasteiger partial charge in [-0.15, -0.1) is 5.92 Å². The van der Waals surface area contributed by atoms with E-state index in [9.17, 15) is 20.1 Å². The molecule has 3 heterocycles. The second kappa shape index (κ2) is 5.43. The first kappa shape index (κ1) is 13.2. The number of fused-ring (bicyclic) bond motifs is 1. The number of imidazole rings is 1. The van der Waals surface area contributed by atoms with E-state index < -0.39 is 36.2 Å². The Balaban J connectivity index is 2.21. The number of nitrogens with one attached hydrogen (secondary N) is 1. The van der Waals surface area contributed by atoms with Gasteiger partial charge in [0.1, 0.15) is 18.0 Å². The van der Waals surface area contributed by atoms with Crippen molar-refractivity contribution in [3.8, 4) is 11.8 Å². The fraction of sp³-hybridized carbons (Fsp3) is 0.500. The SMILES string of the molecule is [2H]C([2H])(O)[C@H]1O[C@@H](n2cnc3c(=O)[nH]c(C)nc32)C(O)(C#CC)[C@H]1O. The van der Waals surface area contributed by atoms with Gasteiger partial charge in [0.2, 0.25) is 0 Å². The number of aliphatic hydroxyl groups excluding tert-OH is 1. The molecule has 122 valence electrons. The number of ether oxygens (including phenoxy) is 1. The van der Waals surface area contributed by atoms with Crippen LogP contribution in [0.25, 0.3) is 11.2 Å². The second-order valence-electron chi connectivity index (χ2n) is 5.16. The number of hydrogen-bond acceptors (Lipinski definition) is 7. The average molecular weight is 322 g/mol. The zero-order chi connectivity index (χ0) is 18.6. The Morgan fingerprint density at radius 2 is 2.39 bits per heavy atom. The fourth-order valence-corrected chi connectivity index (χ4v) is 2.62. The van der Waals surface area contributed by atoms with Crippen LogP contribution in [0.3, 0.4) is 0 Å². The number of rotatable bonds is 2. The van der Waals surface area contributed by atoms with E-state index in [-0.39, 0.29) is 17.0 Å². The normalized spacial score (nSPS) is 32.3. The van der Waals surface area contributed by atoms with E-state index in [1.165, 1.54) is 17.8 Å². The molecular formula is C14H16N4O5. The second-order valence-corrected chi connectivity index (χ2v) is 5.16. The van der Waals surface area contributed by atoms with Gasteiger partial charge in [-0.1, -0.05) is 5.92 Å². The van der Waals surface area contributed by atoms with Crippen molar-refractivity contribution in [3.05, 3.63) is 22.5 Å². The molecule has 9 nitrogen and oxygen atoms in total. The Labute approximate surface area is 133 Å². The van der Waals surface area contributed by atoms with Gasteiger partial charge in [-0.25, -0.2) is 9.97 Å². The zero-order valence-corrected chi connectivity index (χ0v) is 12.3. The Bertz CT molecular complexity index is 941. The van der Waals surface area contributed by atoms with Gasteiger partial charge in [0.05, 0.1) is 15.6 Å². The number of aryl methyl sites for hydroxylation is 1. The summed E-state index contributed by atoms with van der Waals surface area (Å²) in [6.45, 7) is 0.0340. The summed E-state index contributed by atoms with van der Waals surface area (Å²) in [5.41, 5.74) is -2.71. The molecule has 0 radical (unpaired) electrons. The zero-order valence-electron chi connectivity index (χ0n) is 14.3. The van der Waals surface area contributed by atoms with E-state index in [0.717, 1.165) is 0 Å². The highest BCUT2D eigenvalue weighted by atomic mass is 16.6. The van der Waals surface area contributed by atoms with Crippen molar-refractivity contribution in [1.82, 2.24) is 19.5 Å². The van der Waals surface area contributed by atoms with Gasteiger partial charge in [0.25, 0.3) is 5.56 Å². The lowest BCUT2D eigenvalue weighted by atomic mass is 9.94. The van der Waals surface area contributed by atoms with Crippen LogP contribution in [0.4, 0.5) is 0 Å². The van der Waals surface area contributed by atoms with Crippen LogP contribution in [0.5, 0.6) is 0 Å². The third-order valence-electron chi connectivity index (χ3n) is 3.65. The minimum absolute atomic E-state index is 0.0223. The Kier molecular flexibility index (Phi) is 3.12. The third-order valence-corrected chi connectivity index (χ3v) is 3.65. The number of aromatic amines is 1. The van der Waals surface area contributed by atoms with Crippen LogP contribution in [0.1, 0.15) is 21.7 Å². The van der Waals surface area contributed by atoms with Crippen molar-refractivity contribution < 1.29 is 22.8 Å². The summed E-state index contributed by atoms with van der Waals surface area (Å²) in [6.07, 6.45) is -3.91. The molecule has 3 rings (SSSR count). The van der Waals surface area contributed by atoms with Gasteiger partial charge in [-0.3, -0.25) is 9.36 Å². The first-order chi connectivity index (χ1) is 11.6. The molecule has 23 heavy (non-hydrogen) atoms. The first-order valence-corrected chi connectivity index (χ1v) is 6.75. The van der Waals surface area contributed by atoms with Crippen LogP contribution in [0.15, 0.2) is 11.1 Å².